The van der Waals surface area contributed by atoms with Gasteiger partial charge in [0.2, 0.25) is 6.79 Å². The van der Waals surface area contributed by atoms with Gasteiger partial charge in [0.15, 0.2) is 16.6 Å². The maximum Gasteiger partial charge on any atom is 0.231 e. The van der Waals surface area contributed by atoms with Gasteiger partial charge in [-0.2, -0.15) is 0 Å². The minimum absolute atomic E-state index is 0.0913. The molecule has 0 spiro atoms. The summed E-state index contributed by atoms with van der Waals surface area (Å²) in [5.74, 6) is 1.48. The Kier molecular flexibility index (Phi) is 4.99. The molecule has 6 rings (SSSR count). The van der Waals surface area contributed by atoms with E-state index in [1.807, 2.05) is 48.7 Å². The van der Waals surface area contributed by atoms with Crippen molar-refractivity contribution in [1.82, 2.24) is 14.9 Å². The molecule has 2 aliphatic heterocycles. The van der Waals surface area contributed by atoms with Crippen LogP contribution in [0.15, 0.2) is 79.0 Å². The third-order valence-corrected chi connectivity index (χ3v) is 6.85. The zero-order chi connectivity index (χ0) is 23.2. The number of benzene rings is 2. The number of pyridine rings is 1. The van der Waals surface area contributed by atoms with E-state index < -0.39 is 0 Å². The van der Waals surface area contributed by atoms with Gasteiger partial charge >= 0.3 is 0 Å². The largest absolute Gasteiger partial charge is 0.454 e. The van der Waals surface area contributed by atoms with Gasteiger partial charge in [-0.1, -0.05) is 24.3 Å². The van der Waals surface area contributed by atoms with E-state index in [0.717, 1.165) is 28.6 Å². The molecule has 2 atom stereocenters. The first-order chi connectivity index (χ1) is 16.6. The molecule has 0 radical (unpaired) electrons. The Morgan fingerprint density at radius 1 is 0.912 bits per heavy atom. The van der Waals surface area contributed by atoms with Crippen LogP contribution in [-0.2, 0) is 0 Å². The van der Waals surface area contributed by atoms with E-state index in [0.29, 0.717) is 5.11 Å². The number of anilines is 1. The lowest BCUT2D eigenvalue weighted by Gasteiger charge is -2.28. The number of para-hydroxylation sites is 1. The van der Waals surface area contributed by atoms with Crippen LogP contribution in [0.2, 0.25) is 0 Å². The van der Waals surface area contributed by atoms with Gasteiger partial charge in [0.05, 0.1) is 17.8 Å². The number of nitrogens with zero attached hydrogens (tertiary/aromatic N) is 3. The molecule has 7 heteroatoms. The van der Waals surface area contributed by atoms with E-state index in [-0.39, 0.29) is 18.9 Å². The molecule has 34 heavy (non-hydrogen) atoms. The number of hydrogen-bond donors (Lipinski definition) is 1. The predicted molar refractivity (Wildman–Crippen MR) is 136 cm³/mol. The molecule has 0 aliphatic carbocycles. The van der Waals surface area contributed by atoms with E-state index in [4.69, 9.17) is 21.7 Å². The Morgan fingerprint density at radius 3 is 2.50 bits per heavy atom. The van der Waals surface area contributed by atoms with Gasteiger partial charge in [-0.15, -0.1) is 0 Å². The molecule has 6 nitrogen and oxygen atoms in total. The summed E-state index contributed by atoms with van der Waals surface area (Å²) >= 11 is 5.89. The molecule has 170 valence electrons. The van der Waals surface area contributed by atoms with Crippen LogP contribution in [0.1, 0.15) is 34.7 Å². The zero-order valence-corrected chi connectivity index (χ0v) is 19.8. The summed E-state index contributed by atoms with van der Waals surface area (Å²) < 4.78 is 13.5. The quantitative estimate of drug-likeness (QED) is 0.405. The van der Waals surface area contributed by atoms with Gasteiger partial charge in [0.1, 0.15) is 0 Å². The first kappa shape index (κ1) is 20.7. The van der Waals surface area contributed by atoms with Crippen LogP contribution in [0.4, 0.5) is 5.69 Å². The summed E-state index contributed by atoms with van der Waals surface area (Å²) in [5, 5.41) is 4.20. The van der Waals surface area contributed by atoms with E-state index in [1.54, 1.807) is 0 Å². The van der Waals surface area contributed by atoms with Crippen LogP contribution in [0.5, 0.6) is 11.5 Å². The highest BCUT2D eigenvalue weighted by molar-refractivity contribution is 7.80. The van der Waals surface area contributed by atoms with Gasteiger partial charge in [-0.05, 0) is 74.1 Å². The summed E-state index contributed by atoms with van der Waals surface area (Å²) in [6.45, 7) is 4.55. The smallest absolute Gasteiger partial charge is 0.231 e. The van der Waals surface area contributed by atoms with Crippen molar-refractivity contribution in [2.24, 2.45) is 0 Å². The third-order valence-electron chi connectivity index (χ3n) is 6.54. The second-order valence-electron chi connectivity index (χ2n) is 8.53. The maximum atomic E-state index is 5.89. The summed E-state index contributed by atoms with van der Waals surface area (Å²) in [4.78, 5) is 6.85. The van der Waals surface area contributed by atoms with Crippen LogP contribution in [0, 0.1) is 13.8 Å². The number of fused-ring (bicyclic) bond motifs is 1. The molecule has 1 saturated heterocycles. The fourth-order valence-corrected chi connectivity index (χ4v) is 5.39. The summed E-state index contributed by atoms with van der Waals surface area (Å²) in [5.41, 5.74) is 6.58. The molecule has 2 aliphatic rings. The van der Waals surface area contributed by atoms with Gasteiger partial charge in [0.25, 0.3) is 0 Å². The molecule has 4 heterocycles. The molecular formula is C27H24N4O2S. The number of hydrogen-bond acceptors (Lipinski definition) is 4. The first-order valence-corrected chi connectivity index (χ1v) is 11.7. The van der Waals surface area contributed by atoms with Gasteiger partial charge in [-0.3, -0.25) is 4.98 Å². The minimum Gasteiger partial charge on any atom is -0.454 e. The summed E-state index contributed by atoms with van der Waals surface area (Å²) in [7, 11) is 0. The SMILES string of the molecule is Cc1cc([C@H]2[C@@H](c3ccccn3)NC(=S)N2c2ccc3c(c2)OCO3)c(C)n1-c1ccccc1. The molecular weight excluding hydrogens is 444 g/mol. The maximum absolute atomic E-state index is 5.89. The van der Waals surface area contributed by atoms with Gasteiger partial charge in [-0.25, -0.2) is 0 Å². The number of aryl methyl sites for hydroxylation is 1. The molecule has 2 aromatic heterocycles. The fourth-order valence-electron chi connectivity index (χ4n) is 5.05. The fraction of sp³-hybridized carbons (Fsp3) is 0.185. The lowest BCUT2D eigenvalue weighted by molar-refractivity contribution is 0.174. The molecule has 1 N–H and O–H groups in total. The van der Waals surface area contributed by atoms with Crippen molar-refractivity contribution in [3.05, 3.63) is 102 Å². The van der Waals surface area contributed by atoms with Crippen LogP contribution >= 0.6 is 12.2 Å². The molecule has 0 unspecified atom stereocenters. The monoisotopic (exact) mass is 468 g/mol. The van der Waals surface area contributed by atoms with Crippen molar-refractivity contribution in [2.45, 2.75) is 25.9 Å². The van der Waals surface area contributed by atoms with Crippen molar-refractivity contribution in [1.29, 1.82) is 0 Å². The van der Waals surface area contributed by atoms with Gasteiger partial charge < -0.3 is 24.3 Å². The topological polar surface area (TPSA) is 51.6 Å². The Bertz CT molecular complexity index is 1370. The van der Waals surface area contributed by atoms with Crippen molar-refractivity contribution in [3.63, 3.8) is 0 Å². The Balaban J connectivity index is 1.51. The van der Waals surface area contributed by atoms with Crippen molar-refractivity contribution < 1.29 is 9.47 Å². The van der Waals surface area contributed by atoms with Crippen LogP contribution in [0.25, 0.3) is 5.69 Å². The normalized spacial score (nSPS) is 18.9. The second kappa shape index (κ2) is 8.18. The average molecular weight is 469 g/mol. The molecule has 0 saturated carbocycles. The lowest BCUT2D eigenvalue weighted by Crippen LogP contribution is -2.29. The predicted octanol–water partition coefficient (Wildman–Crippen LogP) is 5.39. The summed E-state index contributed by atoms with van der Waals surface area (Å²) in [6.07, 6.45) is 1.83. The summed E-state index contributed by atoms with van der Waals surface area (Å²) in [6, 6.07) is 24.5. The van der Waals surface area contributed by atoms with E-state index in [1.165, 1.54) is 17.0 Å². The highest BCUT2D eigenvalue weighted by atomic mass is 32.1. The zero-order valence-electron chi connectivity index (χ0n) is 18.9. The van der Waals surface area contributed by atoms with Crippen LogP contribution in [-0.4, -0.2) is 21.5 Å². The highest BCUT2D eigenvalue weighted by Gasteiger charge is 2.42. The van der Waals surface area contributed by atoms with E-state index >= 15 is 0 Å². The Hall–Kier alpha value is -3.84. The van der Waals surface area contributed by atoms with E-state index in [9.17, 15) is 0 Å². The molecule has 1 fully saturated rings. The molecule has 4 aromatic rings. The van der Waals surface area contributed by atoms with Crippen LogP contribution in [0.3, 0.4) is 0 Å². The second-order valence-corrected chi connectivity index (χ2v) is 8.92. The third kappa shape index (κ3) is 3.31. The average Bonchev–Trinajstić information content (AvgIpc) is 3.54. The number of rotatable bonds is 4. The number of thiocarbonyl (C=S) groups is 1. The molecule has 0 bridgehead atoms. The number of aromatic nitrogens is 2. The number of ether oxygens (including phenoxy) is 2. The molecule has 0 amide bonds. The number of nitrogens with one attached hydrogen (secondary N) is 1. The highest BCUT2D eigenvalue weighted by Crippen LogP contribution is 2.45. The van der Waals surface area contributed by atoms with Gasteiger partial charge in [0, 0.05) is 35.0 Å². The van der Waals surface area contributed by atoms with Crippen LogP contribution < -0.4 is 19.7 Å². The molecule has 2 aromatic carbocycles. The standard InChI is InChI=1S/C27H24N4O2S/c1-17-14-21(18(2)30(17)19-8-4-3-5-9-19)26-25(22-10-6-7-13-28-22)29-27(34)31(26)20-11-12-23-24(15-20)33-16-32-23/h3-15,25-26H,16H2,1-2H3,(H,29,34)/t25-,26+/m1/s1. The minimum atomic E-state index is -0.108. The first-order valence-electron chi connectivity index (χ1n) is 11.3. The van der Waals surface area contributed by atoms with Crippen molar-refractivity contribution >= 4 is 23.0 Å². The Labute approximate surface area is 203 Å². The van der Waals surface area contributed by atoms with E-state index in [2.05, 4.69) is 63.9 Å². The van der Waals surface area contributed by atoms with Crippen molar-refractivity contribution in [3.8, 4) is 17.2 Å². The lowest BCUT2D eigenvalue weighted by atomic mass is 9.96. The Morgan fingerprint density at radius 2 is 1.71 bits per heavy atom. The van der Waals surface area contributed by atoms with Crippen molar-refractivity contribution in [2.75, 3.05) is 11.7 Å².